The van der Waals surface area contributed by atoms with Crippen LogP contribution < -0.4 is 15.6 Å². The van der Waals surface area contributed by atoms with E-state index in [1.54, 1.807) is 0 Å². The fourth-order valence-corrected chi connectivity index (χ4v) is 4.43. The third kappa shape index (κ3) is 6.86. The average Bonchev–Trinajstić information content (AvgIpc) is 3.24. The summed E-state index contributed by atoms with van der Waals surface area (Å²) in [6.45, 7) is -0.578. The molecule has 2 fully saturated rings. The van der Waals surface area contributed by atoms with Gasteiger partial charge in [0.15, 0.2) is 12.6 Å². The summed E-state index contributed by atoms with van der Waals surface area (Å²) in [6, 6.07) is -1.61. The highest BCUT2D eigenvalue weighted by Gasteiger charge is 2.57. The highest BCUT2D eigenvalue weighted by molar-refractivity contribution is 6.31. The summed E-state index contributed by atoms with van der Waals surface area (Å²) in [5.41, 5.74) is -0.120. The van der Waals surface area contributed by atoms with Gasteiger partial charge in [0.2, 0.25) is 24.6 Å². The number of alkyl halides is 3. The highest BCUT2D eigenvalue weighted by Crippen LogP contribution is 2.32. The van der Waals surface area contributed by atoms with Crippen LogP contribution in [0.3, 0.4) is 0 Å². The van der Waals surface area contributed by atoms with E-state index in [1.807, 2.05) is 0 Å². The van der Waals surface area contributed by atoms with Crippen molar-refractivity contribution in [1.82, 2.24) is 15.6 Å². The number of hydrazine groups is 1. The van der Waals surface area contributed by atoms with Gasteiger partial charge in [-0.05, 0) is 25.0 Å². The molecule has 0 saturated carbocycles. The summed E-state index contributed by atoms with van der Waals surface area (Å²) in [7, 11) is 0. The van der Waals surface area contributed by atoms with Crippen LogP contribution in [0.4, 0.5) is 17.6 Å². The number of hydrogen-bond acceptors (Lipinski definition) is 7. The highest BCUT2D eigenvalue weighted by atomic mass is 35.5. The lowest BCUT2D eigenvalue weighted by Gasteiger charge is -2.23. The molecule has 2 aliphatic heterocycles. The monoisotopic (exact) mass is 571 g/mol. The molecule has 0 bridgehead atoms. The number of nitrogens with one attached hydrogen (secondary N) is 3. The number of aliphatic hydroxyl groups excluding tert-OH is 2. The summed E-state index contributed by atoms with van der Waals surface area (Å²) >= 11 is 6.26. The molecule has 12 nitrogen and oxygen atoms in total. The lowest BCUT2D eigenvalue weighted by atomic mass is 10.0. The molecule has 3 atom stereocenters. The Bertz CT molecular complexity index is 1120. The van der Waals surface area contributed by atoms with Crippen LogP contribution >= 0.6 is 11.6 Å². The minimum absolute atomic E-state index is 0.0279. The minimum Gasteiger partial charge on any atom is -0.428 e. The van der Waals surface area contributed by atoms with E-state index in [4.69, 9.17) is 16.5 Å². The van der Waals surface area contributed by atoms with Crippen molar-refractivity contribution in [1.29, 1.82) is 0 Å². The molecule has 1 aromatic rings. The van der Waals surface area contributed by atoms with Crippen molar-refractivity contribution in [3.05, 3.63) is 38.5 Å². The number of hydrogen-bond donors (Lipinski definition) is 5. The van der Waals surface area contributed by atoms with Crippen molar-refractivity contribution in [3.63, 3.8) is 0 Å². The maximum atomic E-state index is 15.0. The molecule has 1 aromatic carbocycles. The number of piperidine rings is 1. The maximum absolute atomic E-state index is 15.0. The molecule has 2 amide bonds. The van der Waals surface area contributed by atoms with E-state index in [0.717, 1.165) is 6.92 Å². The Hall–Kier alpha value is -3.08. The Kier molecular flexibility index (Phi) is 9.45. The lowest BCUT2D eigenvalue weighted by Crippen LogP contribution is -2.72. The summed E-state index contributed by atoms with van der Waals surface area (Å²) in [5.74, 6) is -1.81. The molecular formula is C21H26ClF4N5O7+2. The molecule has 17 heteroatoms. The SMILES string of the molecule is C[C@H](OOC(O)=[NH+]Cc1cc(Cl)c(CN[C@@H]2CCC(=O)NC2=O)c(CO)c1F)N1C(C(F)(F)F)CC[N+]1=O. The van der Waals surface area contributed by atoms with Gasteiger partial charge < -0.3 is 15.5 Å². The first-order valence-corrected chi connectivity index (χ1v) is 11.8. The van der Waals surface area contributed by atoms with E-state index in [-0.39, 0.29) is 46.0 Å². The molecule has 1 unspecified atom stereocenters. The summed E-state index contributed by atoms with van der Waals surface area (Å²) in [6.07, 6.45) is -7.37. The van der Waals surface area contributed by atoms with Gasteiger partial charge in [0.25, 0.3) is 0 Å². The van der Waals surface area contributed by atoms with Gasteiger partial charge >= 0.3 is 12.3 Å². The van der Waals surface area contributed by atoms with Gasteiger partial charge in [-0.2, -0.15) is 18.2 Å². The molecule has 0 aliphatic carbocycles. The Morgan fingerprint density at radius 3 is 2.71 bits per heavy atom. The second-order valence-electron chi connectivity index (χ2n) is 8.57. The second-order valence-corrected chi connectivity index (χ2v) is 8.98. The van der Waals surface area contributed by atoms with Gasteiger partial charge in [-0.25, -0.2) is 9.28 Å². The molecule has 210 valence electrons. The Labute approximate surface area is 218 Å². The van der Waals surface area contributed by atoms with Crippen molar-refractivity contribution < 1.29 is 57.0 Å². The smallest absolute Gasteiger partial charge is 0.428 e. The van der Waals surface area contributed by atoms with Crippen LogP contribution in [-0.2, 0) is 39.1 Å². The van der Waals surface area contributed by atoms with E-state index in [2.05, 4.69) is 20.5 Å². The molecule has 0 aromatic heterocycles. The Balaban J connectivity index is 1.63. The predicted octanol–water partition coefficient (Wildman–Crippen LogP) is -0.0145. The number of carbonyl (C=O) groups is 2. The number of halogens is 5. The summed E-state index contributed by atoms with van der Waals surface area (Å²) in [4.78, 5) is 46.5. The zero-order valence-corrected chi connectivity index (χ0v) is 20.7. The molecule has 38 heavy (non-hydrogen) atoms. The van der Waals surface area contributed by atoms with Gasteiger partial charge in [-0.15, -0.1) is 4.89 Å². The second kappa shape index (κ2) is 12.2. The normalized spacial score (nSPS) is 21.6. The van der Waals surface area contributed by atoms with Gasteiger partial charge in [-0.3, -0.25) is 14.9 Å². The van der Waals surface area contributed by atoms with Crippen LogP contribution in [0.15, 0.2) is 6.07 Å². The van der Waals surface area contributed by atoms with Gasteiger partial charge in [0.05, 0.1) is 23.1 Å². The van der Waals surface area contributed by atoms with Crippen LogP contribution in [0.1, 0.15) is 42.9 Å². The first-order valence-electron chi connectivity index (χ1n) is 11.4. The number of aliphatic hydroxyl groups is 2. The molecule has 2 aliphatic rings. The quantitative estimate of drug-likeness (QED) is 0.0523. The molecule has 3 rings (SSSR count). The maximum Gasteiger partial charge on any atom is 0.577 e. The van der Waals surface area contributed by atoms with E-state index in [9.17, 15) is 37.9 Å². The third-order valence-corrected chi connectivity index (χ3v) is 6.38. The molecule has 2 saturated heterocycles. The number of nitrogens with zero attached hydrogens (tertiary/aromatic N) is 2. The number of nitroso groups, excluding NO2 is 1. The number of amides is 2. The van der Waals surface area contributed by atoms with Gasteiger partial charge in [0, 0.05) is 30.0 Å². The largest absolute Gasteiger partial charge is 0.577 e. The minimum atomic E-state index is -4.69. The molecule has 5 N–H and O–H groups in total. The fraction of sp³-hybridized carbons (Fsp3) is 0.571. The van der Waals surface area contributed by atoms with Crippen LogP contribution in [-0.4, -0.2) is 69.0 Å². The van der Waals surface area contributed by atoms with Crippen molar-refractivity contribution in [2.24, 2.45) is 0 Å². The molecule has 0 radical (unpaired) electrons. The third-order valence-electron chi connectivity index (χ3n) is 6.04. The zero-order valence-electron chi connectivity index (χ0n) is 20.0. The first kappa shape index (κ1) is 29.5. The van der Waals surface area contributed by atoms with E-state index in [0.29, 0.717) is 5.01 Å². The van der Waals surface area contributed by atoms with E-state index in [1.165, 1.54) is 6.07 Å². The van der Waals surface area contributed by atoms with Crippen molar-refractivity contribution in [2.45, 2.75) is 70.4 Å². The van der Waals surface area contributed by atoms with Crippen LogP contribution in [0, 0.1) is 10.7 Å². The van der Waals surface area contributed by atoms with Crippen LogP contribution in [0.25, 0.3) is 0 Å². The topological polar surface area (TPSA) is 154 Å². The van der Waals surface area contributed by atoms with Crippen molar-refractivity contribution in [2.75, 3.05) is 6.54 Å². The number of imide groups is 1. The predicted molar refractivity (Wildman–Crippen MR) is 119 cm³/mol. The average molecular weight is 572 g/mol. The van der Waals surface area contributed by atoms with Crippen LogP contribution in [0.2, 0.25) is 5.02 Å². The summed E-state index contributed by atoms with van der Waals surface area (Å²) in [5, 5.41) is 25.0. The Morgan fingerprint density at radius 2 is 2.08 bits per heavy atom. The lowest BCUT2D eigenvalue weighted by molar-refractivity contribution is -0.717. The fourth-order valence-electron chi connectivity index (χ4n) is 4.12. The standard InChI is InChI=1S/C21H24ClF4N5O7/c1-10(31-16(21(24,25)26)4-5-30(31)36)37-38-20(35)28-7-11-6-14(22)12(13(9-32)18(11)23)8-27-15-2-3-17(33)29-19(15)34/h6,10,15-16,27,32H,2-5,7-9H2,1H3,(H-,28,29,33,34,35)/p+2/t10-,15+,16?/m0/s1. The van der Waals surface area contributed by atoms with E-state index < -0.39 is 74.3 Å². The number of benzene rings is 1. The molecule has 0 spiro atoms. The first-order chi connectivity index (χ1) is 17.8. The number of carbonyl (C=O) groups excluding carboxylic acids is 2. The molecule has 2 heterocycles. The molecular weight excluding hydrogens is 546 g/mol. The Morgan fingerprint density at radius 1 is 1.37 bits per heavy atom. The van der Waals surface area contributed by atoms with Gasteiger partial charge in [0.1, 0.15) is 10.7 Å². The zero-order chi connectivity index (χ0) is 28.2. The summed E-state index contributed by atoms with van der Waals surface area (Å²) < 4.78 is 54.4. The van der Waals surface area contributed by atoms with E-state index >= 15 is 4.39 Å². The van der Waals surface area contributed by atoms with Crippen molar-refractivity contribution in [3.8, 4) is 0 Å². The number of rotatable bonds is 9. The van der Waals surface area contributed by atoms with Crippen LogP contribution in [0.5, 0.6) is 0 Å². The van der Waals surface area contributed by atoms with Gasteiger partial charge in [-0.1, -0.05) is 16.6 Å². The van der Waals surface area contributed by atoms with Crippen molar-refractivity contribution >= 4 is 29.5 Å².